The third-order valence-electron chi connectivity index (χ3n) is 7.03. The first-order valence-electron chi connectivity index (χ1n) is 18.9. The average molecular weight is 1050 g/mol. The van der Waals surface area contributed by atoms with E-state index >= 15 is 0 Å². The number of rotatable bonds is 10. The molecule has 6 aromatic rings. The largest absolute Gasteiger partial charge is 0.478 e. The van der Waals surface area contributed by atoms with Crippen molar-refractivity contribution in [1.29, 1.82) is 0 Å². The van der Waals surface area contributed by atoms with Crippen molar-refractivity contribution in [3.05, 3.63) is 169 Å². The van der Waals surface area contributed by atoms with Crippen LogP contribution >= 0.6 is 24.0 Å². The minimum Gasteiger partial charge on any atom is -0.478 e. The number of carbonyl (C=O) groups is 6. The number of carbonyl (C=O) groups excluding carboxylic acids is 2. The molecule has 0 atom stereocenters. The van der Waals surface area contributed by atoms with Crippen molar-refractivity contribution in [3.8, 4) is 0 Å². The number of aromatic nitrogens is 12. The quantitative estimate of drug-likeness (QED) is 0.0281. The van der Waals surface area contributed by atoms with Crippen LogP contribution in [0.25, 0.3) is 0 Å². The van der Waals surface area contributed by atoms with Crippen LogP contribution in [-0.4, -0.2) is 135 Å². The lowest BCUT2D eigenvalue weighted by atomic mass is 10.3. The number of carboxylic acid groups (broad SMARTS) is 4. The molecule has 0 unspecified atom stereocenters. The molecule has 72 heavy (non-hydrogen) atoms. The number of aromatic amines is 10. The number of nitrogens with zero attached hydrogens (tertiary/aromatic N) is 2. The van der Waals surface area contributed by atoms with E-state index in [0.717, 1.165) is 36.6 Å². The Balaban J connectivity index is 0.000000433. The van der Waals surface area contributed by atoms with E-state index in [4.69, 9.17) is 26.2 Å². The van der Waals surface area contributed by atoms with E-state index in [-0.39, 0.29) is 46.1 Å². The van der Waals surface area contributed by atoms with E-state index in [1.165, 1.54) is 18.0 Å². The predicted molar refractivity (Wildman–Crippen MR) is 246 cm³/mol. The van der Waals surface area contributed by atoms with Gasteiger partial charge in [0.15, 0.2) is 9.93 Å². The van der Waals surface area contributed by atoms with Crippen LogP contribution < -0.4 is 56.3 Å². The SMILES string of the molecule is CCOC(=O)c1c[nH]c(=O)[nH]c1=O.CCOC(=O)c1c[nH]c(=S)[nH]c1=O.CCSc1ncc(C(=O)O)c(=O)[nH]1.Nc1[nH]c(=O)ncc1C(=O)O.O=C(O)c1c[nH]c(=O)[nH]c1=O.O=C(O)c1cc(=O)[nH]c(=O)[nH]1. The summed E-state index contributed by atoms with van der Waals surface area (Å²) in [5.41, 5.74) is -2.96. The monoisotopic (exact) mass is 1050 g/mol. The molecule has 6 heterocycles. The lowest BCUT2D eigenvalue weighted by Crippen LogP contribution is -2.27. The molecule has 0 saturated carbocycles. The van der Waals surface area contributed by atoms with Crippen molar-refractivity contribution in [2.45, 2.75) is 25.9 Å². The summed E-state index contributed by atoms with van der Waals surface area (Å²) >= 11 is 6.00. The first-order chi connectivity index (χ1) is 33.8. The maximum Gasteiger partial charge on any atom is 0.352 e. The van der Waals surface area contributed by atoms with Gasteiger partial charge >= 0.3 is 58.6 Å². The second kappa shape index (κ2) is 29.6. The molecule has 0 bridgehead atoms. The smallest absolute Gasteiger partial charge is 0.352 e. The highest BCUT2D eigenvalue weighted by molar-refractivity contribution is 7.99. The number of ether oxygens (including phenoxy) is 2. The molecule has 0 saturated heterocycles. The van der Waals surface area contributed by atoms with Gasteiger partial charge in [-0.25, -0.2) is 57.9 Å². The van der Waals surface area contributed by atoms with Crippen molar-refractivity contribution in [1.82, 2.24) is 59.8 Å². The number of H-pyrrole nitrogens is 10. The molecule has 0 spiro atoms. The van der Waals surface area contributed by atoms with Gasteiger partial charge in [0, 0.05) is 30.9 Å². The zero-order valence-corrected chi connectivity index (χ0v) is 38.2. The second-order valence-corrected chi connectivity index (χ2v) is 13.7. The standard InChI is InChI=1S/C7H8N2O4.2C7H8N2O3S.C5H5N3O3.2C5H4N2O4/c1-2-13-6(11)4-3-8-7(12)9-5(4)10;1-2-13-7-8-3-4(6(11)12)5(10)9-7;1-2-12-6(11)4-3-8-7(13)9-5(4)10;6-3-2(4(9)10)1-7-5(11)8-3;8-3-2(4(9)10)1-6-5(11)7-3;8-3-1-2(4(9)10)6-5(11)7-3/h3H,2H2,1H3,(H2,8,9,10,12);3H,2H2,1H3,(H,11,12)(H,8,9,10);3H,2H2,1H3,(H2,8,9,10,13);1H,(H,9,10)(H3,6,7,8,11);2*1H,(H,9,10)(H2,6,7,8,11). The summed E-state index contributed by atoms with van der Waals surface area (Å²) in [6, 6.07) is 0.795. The molecule has 0 radical (unpaired) electrons. The van der Waals surface area contributed by atoms with Crippen molar-refractivity contribution in [3.63, 3.8) is 0 Å². The van der Waals surface area contributed by atoms with Crippen molar-refractivity contribution in [2.24, 2.45) is 0 Å². The minimum atomic E-state index is -1.37. The number of hydrogen-bond donors (Lipinski definition) is 15. The highest BCUT2D eigenvalue weighted by atomic mass is 32.2. The molecule has 6 rings (SSSR count). The molecular formula is C36H37N13O21S2. The van der Waals surface area contributed by atoms with Crippen molar-refractivity contribution in [2.75, 3.05) is 24.7 Å². The van der Waals surface area contributed by atoms with Crippen LogP contribution in [0.1, 0.15) is 83.0 Å². The summed E-state index contributed by atoms with van der Waals surface area (Å²) in [5, 5.41) is 34.0. The highest BCUT2D eigenvalue weighted by Gasteiger charge is 2.13. The maximum absolute atomic E-state index is 11.1. The normalized spacial score (nSPS) is 9.60. The first kappa shape index (κ1) is 59.9. The van der Waals surface area contributed by atoms with Crippen LogP contribution in [0.2, 0.25) is 0 Å². The Morgan fingerprint density at radius 3 is 1.42 bits per heavy atom. The van der Waals surface area contributed by atoms with Crippen LogP contribution in [0.3, 0.4) is 0 Å². The number of anilines is 1. The fraction of sp³-hybridized carbons (Fsp3) is 0.167. The summed E-state index contributed by atoms with van der Waals surface area (Å²) in [7, 11) is 0. The van der Waals surface area contributed by atoms with Gasteiger partial charge in [-0.15, -0.1) is 0 Å². The molecule has 16 N–H and O–H groups in total. The van der Waals surface area contributed by atoms with Crippen LogP contribution in [0, 0.1) is 4.77 Å². The summed E-state index contributed by atoms with van der Waals surface area (Å²) in [4.78, 5) is 187. The van der Waals surface area contributed by atoms with Gasteiger partial charge in [-0.1, -0.05) is 18.7 Å². The summed E-state index contributed by atoms with van der Waals surface area (Å²) in [6.07, 6.45) is 5.09. The summed E-state index contributed by atoms with van der Waals surface area (Å²) < 4.78 is 9.38. The van der Waals surface area contributed by atoms with E-state index in [1.807, 2.05) is 26.9 Å². The molecule has 0 fully saturated rings. The first-order valence-corrected chi connectivity index (χ1v) is 20.3. The molecular weight excluding hydrogens is 1010 g/mol. The van der Waals surface area contributed by atoms with Gasteiger partial charge in [0.1, 0.15) is 39.3 Å². The summed E-state index contributed by atoms with van der Waals surface area (Å²) in [6.45, 7) is 5.61. The molecule has 0 aromatic carbocycles. The topological polar surface area (TPSA) is 565 Å². The highest BCUT2D eigenvalue weighted by Crippen LogP contribution is 2.08. The molecule has 6 aromatic heterocycles. The van der Waals surface area contributed by atoms with Crippen molar-refractivity contribution >= 4 is 65.6 Å². The van der Waals surface area contributed by atoms with E-state index < -0.39 is 97.6 Å². The van der Waals surface area contributed by atoms with Gasteiger partial charge in [-0.2, -0.15) is 0 Å². The Hall–Kier alpha value is -10.1. The van der Waals surface area contributed by atoms with Crippen LogP contribution in [0.15, 0.2) is 85.4 Å². The molecule has 384 valence electrons. The predicted octanol–water partition coefficient (Wildman–Crippen LogP) is -3.00. The number of hydrogen-bond acceptors (Lipinski definition) is 22. The number of nitrogen functional groups attached to an aromatic ring is 1. The lowest BCUT2D eigenvalue weighted by molar-refractivity contribution is 0.0514. The Kier molecular flexibility index (Phi) is 24.6. The van der Waals surface area contributed by atoms with Crippen LogP contribution in [0.4, 0.5) is 5.82 Å². The lowest BCUT2D eigenvalue weighted by Gasteiger charge is -1.98. The van der Waals surface area contributed by atoms with E-state index in [2.05, 4.69) is 56.6 Å². The van der Waals surface area contributed by atoms with Gasteiger partial charge in [-0.3, -0.25) is 48.9 Å². The summed E-state index contributed by atoms with van der Waals surface area (Å²) in [5.74, 6) is -6.01. The molecule has 0 aliphatic rings. The van der Waals surface area contributed by atoms with Gasteiger partial charge < -0.3 is 60.6 Å². The number of aromatic carboxylic acids is 4. The molecule has 0 aliphatic carbocycles. The van der Waals surface area contributed by atoms with E-state index in [9.17, 15) is 71.9 Å². The number of thioether (sulfide) groups is 1. The molecule has 34 nitrogen and oxygen atoms in total. The van der Waals surface area contributed by atoms with Crippen molar-refractivity contribution < 1.29 is 58.7 Å². The zero-order chi connectivity index (χ0) is 54.8. The third-order valence-corrected chi connectivity index (χ3v) is 8.02. The number of nitrogens with one attached hydrogen (secondary N) is 10. The maximum atomic E-state index is 11.1. The third kappa shape index (κ3) is 20.8. The Morgan fingerprint density at radius 2 is 1.01 bits per heavy atom. The van der Waals surface area contributed by atoms with Gasteiger partial charge in [0.05, 0.1) is 19.4 Å². The van der Waals surface area contributed by atoms with Gasteiger partial charge in [0.25, 0.3) is 27.8 Å². The molecule has 0 aliphatic heterocycles. The van der Waals surface area contributed by atoms with Gasteiger partial charge in [0.2, 0.25) is 0 Å². The minimum absolute atomic E-state index is 0.0737. The molecule has 36 heteroatoms. The fourth-order valence-electron chi connectivity index (χ4n) is 4.01. The van der Waals surface area contributed by atoms with E-state index in [0.29, 0.717) is 5.16 Å². The second-order valence-electron chi connectivity index (χ2n) is 12.0. The number of carboxylic acids is 4. The Labute approximate surface area is 402 Å². The van der Waals surface area contributed by atoms with Gasteiger partial charge in [-0.05, 0) is 31.8 Å². The zero-order valence-electron chi connectivity index (χ0n) is 36.6. The Morgan fingerprint density at radius 1 is 0.556 bits per heavy atom. The van der Waals surface area contributed by atoms with E-state index in [1.54, 1.807) is 18.8 Å². The number of esters is 2. The van der Waals surface area contributed by atoms with Crippen LogP contribution in [0.5, 0.6) is 0 Å². The number of nitrogens with two attached hydrogens (primary N) is 1. The Bertz CT molecular complexity index is 3420. The average Bonchev–Trinajstić information content (AvgIpc) is 3.27. The molecule has 0 amide bonds. The van der Waals surface area contributed by atoms with Crippen LogP contribution in [-0.2, 0) is 9.47 Å². The fourth-order valence-corrected chi connectivity index (χ4v) is 4.73.